The van der Waals surface area contributed by atoms with Gasteiger partial charge in [-0.05, 0) is 6.42 Å². The number of amides is 1. The molecule has 1 unspecified atom stereocenters. The van der Waals surface area contributed by atoms with Gasteiger partial charge in [-0.15, -0.1) is 0 Å². The van der Waals surface area contributed by atoms with Crippen LogP contribution in [0, 0.1) is 0 Å². The number of nitrogens with zero attached hydrogens (tertiary/aromatic N) is 2. The van der Waals surface area contributed by atoms with E-state index in [1.165, 1.54) is 7.11 Å². The van der Waals surface area contributed by atoms with Crippen LogP contribution in [-0.2, 0) is 23.0 Å². The number of ether oxygens (including phenoxy) is 1. The standard InChI is InChI=1S/C10H18N4O2/c1-4-7-5-9(14(2)13-7)12-10(15)8(11)6-16-3/h5,8H,4,6,11H2,1-3H3,(H,12,15). The molecular weight excluding hydrogens is 208 g/mol. The number of carbonyl (C=O) groups is 1. The topological polar surface area (TPSA) is 82.2 Å². The van der Waals surface area contributed by atoms with Gasteiger partial charge in [0, 0.05) is 20.2 Å². The van der Waals surface area contributed by atoms with Crippen LogP contribution in [0.1, 0.15) is 12.6 Å². The third-order valence-electron chi connectivity index (χ3n) is 2.23. The predicted octanol–water partition coefficient (Wildman–Crippen LogP) is -0.105. The lowest BCUT2D eigenvalue weighted by atomic mass is 10.3. The number of hydrogen-bond donors (Lipinski definition) is 2. The van der Waals surface area contributed by atoms with E-state index in [2.05, 4.69) is 10.4 Å². The summed E-state index contributed by atoms with van der Waals surface area (Å²) in [5.74, 6) is 0.376. The lowest BCUT2D eigenvalue weighted by Gasteiger charge is -2.10. The molecule has 1 atom stereocenters. The maximum absolute atomic E-state index is 11.6. The van der Waals surface area contributed by atoms with Gasteiger partial charge in [0.1, 0.15) is 11.9 Å². The normalized spacial score (nSPS) is 12.5. The lowest BCUT2D eigenvalue weighted by molar-refractivity contribution is -0.118. The lowest BCUT2D eigenvalue weighted by Crippen LogP contribution is -2.39. The Bertz CT molecular complexity index is 362. The summed E-state index contributed by atoms with van der Waals surface area (Å²) in [5, 5.41) is 6.92. The van der Waals surface area contributed by atoms with Gasteiger partial charge in [0.25, 0.3) is 0 Å². The molecule has 6 nitrogen and oxygen atoms in total. The first-order valence-corrected chi connectivity index (χ1v) is 5.16. The van der Waals surface area contributed by atoms with Gasteiger partial charge >= 0.3 is 0 Å². The Morgan fingerprint density at radius 1 is 1.75 bits per heavy atom. The minimum atomic E-state index is -0.662. The van der Waals surface area contributed by atoms with Gasteiger partial charge in [0.2, 0.25) is 5.91 Å². The molecule has 1 amide bonds. The molecule has 1 heterocycles. The number of anilines is 1. The summed E-state index contributed by atoms with van der Waals surface area (Å²) in [5.41, 5.74) is 6.53. The Labute approximate surface area is 94.8 Å². The minimum Gasteiger partial charge on any atom is -0.383 e. The summed E-state index contributed by atoms with van der Waals surface area (Å²) in [7, 11) is 3.28. The second kappa shape index (κ2) is 5.62. The summed E-state index contributed by atoms with van der Waals surface area (Å²) in [6.45, 7) is 2.20. The zero-order chi connectivity index (χ0) is 12.1. The fourth-order valence-corrected chi connectivity index (χ4v) is 1.29. The first kappa shape index (κ1) is 12.7. The molecule has 0 saturated heterocycles. The van der Waals surface area contributed by atoms with Crippen LogP contribution >= 0.6 is 0 Å². The average Bonchev–Trinajstić information content (AvgIpc) is 2.60. The highest BCUT2D eigenvalue weighted by molar-refractivity contribution is 5.94. The Balaban J connectivity index is 2.65. The van der Waals surface area contributed by atoms with E-state index in [1.807, 2.05) is 13.0 Å². The molecule has 1 aromatic rings. The average molecular weight is 226 g/mol. The molecule has 1 rings (SSSR count). The van der Waals surface area contributed by atoms with E-state index in [1.54, 1.807) is 11.7 Å². The van der Waals surface area contributed by atoms with Crippen molar-refractivity contribution in [3.05, 3.63) is 11.8 Å². The van der Waals surface area contributed by atoms with Crippen molar-refractivity contribution < 1.29 is 9.53 Å². The number of carbonyl (C=O) groups excluding carboxylic acids is 1. The van der Waals surface area contributed by atoms with E-state index in [9.17, 15) is 4.79 Å². The van der Waals surface area contributed by atoms with Crippen molar-refractivity contribution in [2.75, 3.05) is 19.0 Å². The van der Waals surface area contributed by atoms with Crippen molar-refractivity contribution in [1.82, 2.24) is 9.78 Å². The molecule has 3 N–H and O–H groups in total. The van der Waals surface area contributed by atoms with Gasteiger partial charge < -0.3 is 15.8 Å². The number of rotatable bonds is 5. The van der Waals surface area contributed by atoms with E-state index < -0.39 is 6.04 Å². The highest BCUT2D eigenvalue weighted by Gasteiger charge is 2.15. The van der Waals surface area contributed by atoms with Crippen LogP contribution in [0.15, 0.2) is 6.07 Å². The molecule has 1 aromatic heterocycles. The van der Waals surface area contributed by atoms with Crippen LogP contribution in [0.2, 0.25) is 0 Å². The van der Waals surface area contributed by atoms with E-state index in [0.717, 1.165) is 12.1 Å². The first-order valence-electron chi connectivity index (χ1n) is 5.16. The quantitative estimate of drug-likeness (QED) is 0.734. The highest BCUT2D eigenvalue weighted by atomic mass is 16.5. The molecule has 0 aliphatic heterocycles. The molecule has 0 bridgehead atoms. The molecule has 0 aromatic carbocycles. The molecule has 0 radical (unpaired) electrons. The second-order valence-electron chi connectivity index (χ2n) is 3.55. The minimum absolute atomic E-state index is 0.199. The van der Waals surface area contributed by atoms with Gasteiger partial charge in [0.15, 0.2) is 0 Å². The summed E-state index contributed by atoms with van der Waals surface area (Å²) in [6, 6.07) is 1.17. The fourth-order valence-electron chi connectivity index (χ4n) is 1.29. The third kappa shape index (κ3) is 3.04. The molecule has 0 fully saturated rings. The van der Waals surface area contributed by atoms with E-state index >= 15 is 0 Å². The Kier molecular flexibility index (Phi) is 4.45. The van der Waals surface area contributed by atoms with Gasteiger partial charge in [-0.25, -0.2) is 0 Å². The maximum atomic E-state index is 11.6. The molecular formula is C10H18N4O2. The summed E-state index contributed by atoms with van der Waals surface area (Å²) in [6.07, 6.45) is 0.827. The van der Waals surface area contributed by atoms with E-state index in [0.29, 0.717) is 5.82 Å². The number of hydrogen-bond acceptors (Lipinski definition) is 4. The second-order valence-corrected chi connectivity index (χ2v) is 3.55. The Morgan fingerprint density at radius 3 is 2.94 bits per heavy atom. The number of methoxy groups -OCH3 is 1. The number of nitrogens with one attached hydrogen (secondary N) is 1. The van der Waals surface area contributed by atoms with Gasteiger partial charge in [0.05, 0.1) is 12.3 Å². The number of aryl methyl sites for hydroxylation is 2. The van der Waals surface area contributed by atoms with Crippen molar-refractivity contribution in [2.24, 2.45) is 12.8 Å². The van der Waals surface area contributed by atoms with Gasteiger partial charge in [-0.3, -0.25) is 9.48 Å². The first-order chi connectivity index (χ1) is 7.58. The van der Waals surface area contributed by atoms with Crippen LogP contribution in [0.4, 0.5) is 5.82 Å². The van der Waals surface area contributed by atoms with Gasteiger partial charge in [-0.2, -0.15) is 5.10 Å². The van der Waals surface area contributed by atoms with Crippen molar-refractivity contribution >= 4 is 11.7 Å². The summed E-state index contributed by atoms with van der Waals surface area (Å²) >= 11 is 0. The molecule has 0 aliphatic carbocycles. The SMILES string of the molecule is CCc1cc(NC(=O)C(N)COC)n(C)n1. The van der Waals surface area contributed by atoms with Crippen molar-refractivity contribution in [1.29, 1.82) is 0 Å². The Hall–Kier alpha value is -1.40. The fraction of sp³-hybridized carbons (Fsp3) is 0.600. The highest BCUT2D eigenvalue weighted by Crippen LogP contribution is 2.09. The Morgan fingerprint density at radius 2 is 2.44 bits per heavy atom. The van der Waals surface area contributed by atoms with Crippen LogP contribution in [0.3, 0.4) is 0 Å². The zero-order valence-corrected chi connectivity index (χ0v) is 9.86. The molecule has 6 heteroatoms. The van der Waals surface area contributed by atoms with Crippen LogP contribution in [0.5, 0.6) is 0 Å². The molecule has 0 spiro atoms. The predicted molar refractivity (Wildman–Crippen MR) is 61.1 cm³/mol. The number of nitrogens with two attached hydrogens (primary N) is 1. The molecule has 0 aliphatic rings. The molecule has 16 heavy (non-hydrogen) atoms. The van der Waals surface area contributed by atoms with Crippen LogP contribution in [-0.4, -0.2) is 35.4 Å². The third-order valence-corrected chi connectivity index (χ3v) is 2.23. The largest absolute Gasteiger partial charge is 0.383 e. The van der Waals surface area contributed by atoms with E-state index in [4.69, 9.17) is 10.5 Å². The maximum Gasteiger partial charge on any atom is 0.244 e. The van der Waals surface area contributed by atoms with Crippen molar-refractivity contribution in [3.8, 4) is 0 Å². The summed E-state index contributed by atoms with van der Waals surface area (Å²) < 4.78 is 6.43. The van der Waals surface area contributed by atoms with Gasteiger partial charge in [-0.1, -0.05) is 6.92 Å². The van der Waals surface area contributed by atoms with Crippen molar-refractivity contribution in [2.45, 2.75) is 19.4 Å². The van der Waals surface area contributed by atoms with E-state index in [-0.39, 0.29) is 12.5 Å². The monoisotopic (exact) mass is 226 g/mol. The number of aromatic nitrogens is 2. The van der Waals surface area contributed by atoms with Crippen LogP contribution < -0.4 is 11.1 Å². The van der Waals surface area contributed by atoms with Crippen LogP contribution in [0.25, 0.3) is 0 Å². The zero-order valence-electron chi connectivity index (χ0n) is 9.86. The molecule has 90 valence electrons. The smallest absolute Gasteiger partial charge is 0.244 e. The summed E-state index contributed by atoms with van der Waals surface area (Å²) in [4.78, 5) is 11.6. The molecule has 0 saturated carbocycles. The van der Waals surface area contributed by atoms with Crippen molar-refractivity contribution in [3.63, 3.8) is 0 Å².